The number of para-hydroxylation sites is 1. The van der Waals surface area contributed by atoms with Crippen LogP contribution in [0.3, 0.4) is 0 Å². The number of carbonyl (C=O) groups excluding carboxylic acids is 1. The van der Waals surface area contributed by atoms with Crippen molar-refractivity contribution in [2.45, 2.75) is 20.3 Å². The van der Waals surface area contributed by atoms with Gasteiger partial charge in [0.05, 0.1) is 19.3 Å². The van der Waals surface area contributed by atoms with Crippen LogP contribution in [0.15, 0.2) is 71.2 Å². The fraction of sp³-hybridized carbons (Fsp3) is 0.192. The Morgan fingerprint density at radius 2 is 1.70 bits per heavy atom. The van der Waals surface area contributed by atoms with E-state index >= 15 is 0 Å². The molecule has 4 rings (SSSR count). The van der Waals surface area contributed by atoms with Gasteiger partial charge in [0.2, 0.25) is 0 Å². The zero-order valence-corrected chi connectivity index (χ0v) is 17.4. The molecule has 0 aliphatic heterocycles. The molecule has 0 radical (unpaired) electrons. The number of carbonyl (C=O) groups is 1. The summed E-state index contributed by atoms with van der Waals surface area (Å²) in [7, 11) is 1.66. The Hall–Kier alpha value is -3.53. The third kappa shape index (κ3) is 3.57. The Morgan fingerprint density at radius 1 is 0.967 bits per heavy atom. The van der Waals surface area contributed by atoms with Crippen molar-refractivity contribution in [1.29, 1.82) is 0 Å². The lowest BCUT2D eigenvalue weighted by Crippen LogP contribution is -2.04. The van der Waals surface area contributed by atoms with Gasteiger partial charge in [0, 0.05) is 16.8 Å². The summed E-state index contributed by atoms with van der Waals surface area (Å²) in [6.45, 7) is 4.27. The lowest BCUT2D eigenvalue weighted by atomic mass is 9.92. The molecule has 0 fully saturated rings. The second-order valence-corrected chi connectivity index (χ2v) is 6.97. The number of esters is 1. The van der Waals surface area contributed by atoms with Crippen molar-refractivity contribution in [1.82, 2.24) is 0 Å². The molecule has 0 aliphatic rings. The van der Waals surface area contributed by atoms with Gasteiger partial charge in [-0.25, -0.2) is 4.79 Å². The maximum Gasteiger partial charge on any atom is 0.338 e. The van der Waals surface area contributed by atoms with Crippen LogP contribution >= 0.6 is 0 Å². The highest BCUT2D eigenvalue weighted by Gasteiger charge is 2.17. The first-order chi connectivity index (χ1) is 14.7. The third-order valence-electron chi connectivity index (χ3n) is 5.09. The van der Waals surface area contributed by atoms with Gasteiger partial charge in [-0.1, -0.05) is 43.3 Å². The number of methoxy groups -OCH3 is 1. The largest absolute Gasteiger partial charge is 0.497 e. The summed E-state index contributed by atoms with van der Waals surface area (Å²) in [6.07, 6.45) is 3.05. The molecule has 4 aromatic rings. The van der Waals surface area contributed by atoms with E-state index in [0.29, 0.717) is 12.2 Å². The van der Waals surface area contributed by atoms with Crippen LogP contribution in [-0.2, 0) is 4.74 Å². The summed E-state index contributed by atoms with van der Waals surface area (Å²) >= 11 is 0. The average Bonchev–Trinajstić information content (AvgIpc) is 3.15. The molecule has 0 atom stereocenters. The van der Waals surface area contributed by atoms with E-state index < -0.39 is 0 Å². The van der Waals surface area contributed by atoms with Crippen LogP contribution < -0.4 is 4.74 Å². The van der Waals surface area contributed by atoms with E-state index in [1.165, 1.54) is 0 Å². The van der Waals surface area contributed by atoms with Crippen LogP contribution in [-0.4, -0.2) is 19.7 Å². The summed E-state index contributed by atoms with van der Waals surface area (Å²) in [6, 6.07) is 19.5. The maximum atomic E-state index is 12.0. The number of benzene rings is 3. The average molecular weight is 400 g/mol. The quantitative estimate of drug-likeness (QED) is 0.342. The second-order valence-electron chi connectivity index (χ2n) is 6.97. The summed E-state index contributed by atoms with van der Waals surface area (Å²) in [5.74, 6) is 0.427. The molecule has 0 amide bonds. The number of hydrogen-bond donors (Lipinski definition) is 0. The molecule has 0 bridgehead atoms. The van der Waals surface area contributed by atoms with Gasteiger partial charge in [0.15, 0.2) is 0 Å². The van der Waals surface area contributed by atoms with Gasteiger partial charge in [-0.05, 0) is 54.3 Å². The van der Waals surface area contributed by atoms with E-state index in [1.54, 1.807) is 14.0 Å². The minimum atomic E-state index is -0.310. The molecule has 0 saturated heterocycles. The summed E-state index contributed by atoms with van der Waals surface area (Å²) < 4.78 is 16.8. The molecule has 0 spiro atoms. The highest BCUT2D eigenvalue weighted by molar-refractivity contribution is 6.12. The Kier molecular flexibility index (Phi) is 5.57. The highest BCUT2D eigenvalue weighted by atomic mass is 16.5. The van der Waals surface area contributed by atoms with Crippen LogP contribution in [0.5, 0.6) is 5.75 Å². The number of rotatable bonds is 6. The smallest absolute Gasteiger partial charge is 0.338 e. The van der Waals surface area contributed by atoms with Gasteiger partial charge in [0.25, 0.3) is 0 Å². The van der Waals surface area contributed by atoms with E-state index in [4.69, 9.17) is 13.9 Å². The summed E-state index contributed by atoms with van der Waals surface area (Å²) in [5.41, 5.74) is 5.31. The molecule has 0 aliphatic carbocycles. The van der Waals surface area contributed by atoms with Gasteiger partial charge in [-0.15, -0.1) is 0 Å². The fourth-order valence-corrected chi connectivity index (χ4v) is 3.75. The lowest BCUT2D eigenvalue weighted by Gasteiger charge is -2.13. The molecule has 4 nitrogen and oxygen atoms in total. The molecular weight excluding hydrogens is 376 g/mol. The fourth-order valence-electron chi connectivity index (χ4n) is 3.75. The van der Waals surface area contributed by atoms with Crippen LogP contribution in [0.25, 0.3) is 27.5 Å². The number of ether oxygens (including phenoxy) is 2. The van der Waals surface area contributed by atoms with Crippen molar-refractivity contribution in [3.8, 4) is 5.75 Å². The first kappa shape index (κ1) is 19.8. The standard InChI is InChI=1S/C26H24O4/c1-4-8-20(17-11-13-18(14-12-17)26(27)29-5-2)22-15-19(28-3)16-24-25(22)21-9-6-7-10-23(21)30-24/h6-16H,4-5H2,1-3H3/b20-8+. The van der Waals surface area contributed by atoms with Crippen molar-refractivity contribution >= 4 is 33.5 Å². The molecule has 30 heavy (non-hydrogen) atoms. The molecule has 4 heteroatoms. The van der Waals surface area contributed by atoms with Crippen molar-refractivity contribution in [3.05, 3.63) is 83.4 Å². The first-order valence-corrected chi connectivity index (χ1v) is 10.1. The molecular formula is C26H24O4. The van der Waals surface area contributed by atoms with E-state index in [1.807, 2.05) is 54.6 Å². The number of hydrogen-bond acceptors (Lipinski definition) is 4. The van der Waals surface area contributed by atoms with Crippen molar-refractivity contribution in [3.63, 3.8) is 0 Å². The molecule has 0 unspecified atom stereocenters. The van der Waals surface area contributed by atoms with Crippen molar-refractivity contribution < 1.29 is 18.7 Å². The minimum Gasteiger partial charge on any atom is -0.497 e. The topological polar surface area (TPSA) is 48.7 Å². The molecule has 1 heterocycles. The predicted molar refractivity (Wildman–Crippen MR) is 120 cm³/mol. The molecule has 1 aromatic heterocycles. The molecule has 0 saturated carbocycles. The van der Waals surface area contributed by atoms with Gasteiger partial charge >= 0.3 is 5.97 Å². The van der Waals surface area contributed by atoms with Gasteiger partial charge < -0.3 is 13.9 Å². The van der Waals surface area contributed by atoms with Crippen molar-refractivity contribution in [2.24, 2.45) is 0 Å². The predicted octanol–water partition coefficient (Wildman–Crippen LogP) is 6.61. The lowest BCUT2D eigenvalue weighted by molar-refractivity contribution is 0.0526. The van der Waals surface area contributed by atoms with Gasteiger partial charge in [-0.2, -0.15) is 0 Å². The number of fused-ring (bicyclic) bond motifs is 3. The molecule has 0 N–H and O–H groups in total. The van der Waals surface area contributed by atoms with E-state index in [2.05, 4.69) is 19.1 Å². The third-order valence-corrected chi connectivity index (χ3v) is 5.09. The van der Waals surface area contributed by atoms with Crippen molar-refractivity contribution in [2.75, 3.05) is 13.7 Å². The Bertz CT molecular complexity index is 1230. The summed E-state index contributed by atoms with van der Waals surface area (Å²) in [5, 5.41) is 2.12. The molecule has 3 aromatic carbocycles. The monoisotopic (exact) mass is 400 g/mol. The van der Waals surface area contributed by atoms with Gasteiger partial charge in [0.1, 0.15) is 16.9 Å². The van der Waals surface area contributed by atoms with E-state index in [0.717, 1.165) is 50.8 Å². The van der Waals surface area contributed by atoms with E-state index in [9.17, 15) is 4.79 Å². The Labute approximate surface area is 175 Å². The highest BCUT2D eigenvalue weighted by Crippen LogP contribution is 2.39. The van der Waals surface area contributed by atoms with Crippen LogP contribution in [0.2, 0.25) is 0 Å². The normalized spacial score (nSPS) is 11.8. The SMILES string of the molecule is CC/C=C(\c1ccc(C(=O)OCC)cc1)c1cc(OC)cc2oc3ccccc3c12. The molecule has 152 valence electrons. The maximum absolute atomic E-state index is 12.0. The number of allylic oxidation sites excluding steroid dienone is 1. The Balaban J connectivity index is 1.91. The van der Waals surface area contributed by atoms with Crippen LogP contribution in [0.1, 0.15) is 41.8 Å². The second kappa shape index (κ2) is 8.46. The van der Waals surface area contributed by atoms with E-state index in [-0.39, 0.29) is 5.97 Å². The minimum absolute atomic E-state index is 0.310. The summed E-state index contributed by atoms with van der Waals surface area (Å²) in [4.78, 5) is 12.0. The van der Waals surface area contributed by atoms with Gasteiger partial charge in [-0.3, -0.25) is 0 Å². The Morgan fingerprint density at radius 3 is 2.40 bits per heavy atom. The van der Waals surface area contributed by atoms with Crippen LogP contribution in [0, 0.1) is 0 Å². The zero-order chi connectivity index (χ0) is 21.1. The van der Waals surface area contributed by atoms with Crippen LogP contribution in [0.4, 0.5) is 0 Å². The number of furan rings is 1. The first-order valence-electron chi connectivity index (χ1n) is 10.1. The zero-order valence-electron chi connectivity index (χ0n) is 17.4.